The highest BCUT2D eigenvalue weighted by molar-refractivity contribution is 7.92. The average Bonchev–Trinajstić information content (AvgIpc) is 2.72. The van der Waals surface area contributed by atoms with E-state index in [0.29, 0.717) is 30.4 Å². The number of sulfonamides is 1. The first kappa shape index (κ1) is 26.7. The van der Waals surface area contributed by atoms with Crippen molar-refractivity contribution in [2.24, 2.45) is 0 Å². The van der Waals surface area contributed by atoms with Crippen molar-refractivity contribution in [3.63, 3.8) is 0 Å². The van der Waals surface area contributed by atoms with E-state index in [0.717, 1.165) is 34.6 Å². The van der Waals surface area contributed by atoms with Gasteiger partial charge in [-0.15, -0.1) is 0 Å². The first-order valence-corrected chi connectivity index (χ1v) is 12.7. The number of esters is 1. The predicted molar refractivity (Wildman–Crippen MR) is 125 cm³/mol. The summed E-state index contributed by atoms with van der Waals surface area (Å²) >= 11 is 0. The molecular weight excluding hydrogens is 487 g/mol. The van der Waals surface area contributed by atoms with Crippen LogP contribution in [0.4, 0.5) is 18.9 Å². The molecule has 0 fully saturated rings. The van der Waals surface area contributed by atoms with E-state index in [4.69, 9.17) is 14.2 Å². The molecule has 1 aliphatic rings. The topological polar surface area (TPSA) is 90.9 Å². The number of alkyl halides is 3. The molecule has 2 aromatic rings. The van der Waals surface area contributed by atoms with Gasteiger partial charge in [0.1, 0.15) is 29.5 Å². The number of carbonyl (C=O) groups is 1. The van der Waals surface area contributed by atoms with E-state index in [2.05, 4.69) is 0 Å². The van der Waals surface area contributed by atoms with Gasteiger partial charge in [-0.1, -0.05) is 0 Å². The quantitative estimate of drug-likeness (QED) is 0.426. The number of benzene rings is 2. The maximum atomic E-state index is 13.7. The third kappa shape index (κ3) is 6.01. The highest BCUT2D eigenvalue weighted by Gasteiger charge is 2.38. The number of halogens is 3. The normalized spacial score (nSPS) is 17.9. The molecule has 0 bridgehead atoms. The summed E-state index contributed by atoms with van der Waals surface area (Å²) in [6.45, 7) is 8.41. The minimum Gasteiger partial charge on any atom is -0.489 e. The lowest BCUT2D eigenvalue weighted by Crippen LogP contribution is -2.42. The van der Waals surface area contributed by atoms with Gasteiger partial charge >= 0.3 is 12.1 Å². The number of fused-ring (bicyclic) bond motifs is 1. The van der Waals surface area contributed by atoms with Crippen LogP contribution in [-0.4, -0.2) is 32.9 Å². The molecule has 0 spiro atoms. The molecule has 1 atom stereocenters. The number of hydrogen-bond acceptors (Lipinski definition) is 6. The molecule has 1 heterocycles. The van der Waals surface area contributed by atoms with Crippen molar-refractivity contribution in [3.05, 3.63) is 46.0 Å². The maximum Gasteiger partial charge on any atom is 0.420 e. The average molecular weight is 516 g/mol. The fraction of sp³-hybridized carbons (Fsp3) is 0.458. The van der Waals surface area contributed by atoms with E-state index in [-0.39, 0.29) is 12.3 Å². The van der Waals surface area contributed by atoms with Crippen LogP contribution in [0, 0.1) is 20.8 Å². The second kappa shape index (κ2) is 9.25. The molecule has 2 aromatic carbocycles. The van der Waals surface area contributed by atoms with Crippen molar-refractivity contribution < 1.29 is 40.6 Å². The summed E-state index contributed by atoms with van der Waals surface area (Å²) in [5.74, 6) is 0.247. The monoisotopic (exact) mass is 515 g/mol. The lowest BCUT2D eigenvalue weighted by molar-refractivity contribution is -0.139. The van der Waals surface area contributed by atoms with Crippen molar-refractivity contribution in [2.75, 3.05) is 17.6 Å². The highest BCUT2D eigenvalue weighted by atomic mass is 32.2. The fourth-order valence-corrected chi connectivity index (χ4v) is 4.62. The van der Waals surface area contributed by atoms with Crippen LogP contribution < -0.4 is 18.9 Å². The molecule has 1 unspecified atom stereocenters. The molecule has 192 valence electrons. The number of anilines is 1. The van der Waals surface area contributed by atoms with Crippen LogP contribution >= 0.6 is 0 Å². The molecule has 0 saturated heterocycles. The Kier molecular flexibility index (Phi) is 7.05. The van der Waals surface area contributed by atoms with Gasteiger partial charge in [0.15, 0.2) is 0 Å². The second-order valence-electron chi connectivity index (χ2n) is 9.03. The zero-order valence-electron chi connectivity index (χ0n) is 20.3. The van der Waals surface area contributed by atoms with Gasteiger partial charge in [-0.25, -0.2) is 8.42 Å². The van der Waals surface area contributed by atoms with Crippen LogP contribution in [0.1, 0.15) is 48.1 Å². The van der Waals surface area contributed by atoms with Crippen LogP contribution in [0.15, 0.2) is 18.2 Å². The standard InChI is InChI=1S/C24H28F3NO6S/c1-13-14(2)22-18(15(3)21(13)33-16(4)29)9-10-23(5,34-22)12-32-20-8-7-17(28-35(6,30)31)11-19(20)24(25,26)27/h7-8,11,28H,9-10,12H2,1-6H3. The Balaban J connectivity index is 1.88. The lowest BCUT2D eigenvalue weighted by atomic mass is 9.87. The number of rotatable bonds is 6. The third-order valence-electron chi connectivity index (χ3n) is 5.93. The summed E-state index contributed by atoms with van der Waals surface area (Å²) in [6, 6.07) is 2.99. The van der Waals surface area contributed by atoms with E-state index in [1.54, 1.807) is 6.92 Å². The Bertz CT molecular complexity index is 1270. The predicted octanol–water partition coefficient (Wildman–Crippen LogP) is 5.09. The Hall–Kier alpha value is -2.95. The van der Waals surface area contributed by atoms with Crippen molar-refractivity contribution >= 4 is 21.7 Å². The minimum atomic E-state index is -4.76. The van der Waals surface area contributed by atoms with Crippen LogP contribution in [0.2, 0.25) is 0 Å². The maximum absolute atomic E-state index is 13.7. The smallest absolute Gasteiger partial charge is 0.420 e. The Morgan fingerprint density at radius 2 is 1.83 bits per heavy atom. The molecule has 11 heteroatoms. The molecule has 35 heavy (non-hydrogen) atoms. The minimum absolute atomic E-state index is 0.169. The van der Waals surface area contributed by atoms with Crippen molar-refractivity contribution in [1.82, 2.24) is 0 Å². The lowest BCUT2D eigenvalue weighted by Gasteiger charge is -2.38. The van der Waals surface area contributed by atoms with Gasteiger partial charge in [-0.2, -0.15) is 13.2 Å². The number of ether oxygens (including phenoxy) is 3. The third-order valence-corrected chi connectivity index (χ3v) is 6.54. The van der Waals surface area contributed by atoms with Gasteiger partial charge in [-0.05, 0) is 75.4 Å². The Morgan fingerprint density at radius 3 is 2.40 bits per heavy atom. The summed E-state index contributed by atoms with van der Waals surface area (Å²) in [4.78, 5) is 11.5. The Morgan fingerprint density at radius 1 is 1.17 bits per heavy atom. The van der Waals surface area contributed by atoms with Crippen molar-refractivity contribution in [1.29, 1.82) is 0 Å². The molecular formula is C24H28F3NO6S. The SMILES string of the molecule is CC(=O)Oc1c(C)c(C)c2c(c1C)CCC(C)(COc1ccc(NS(C)(=O)=O)cc1C(F)(F)F)O2. The van der Waals surface area contributed by atoms with Crippen molar-refractivity contribution in [2.45, 2.75) is 59.2 Å². The molecule has 1 aliphatic heterocycles. The van der Waals surface area contributed by atoms with Gasteiger partial charge in [-0.3, -0.25) is 9.52 Å². The van der Waals surface area contributed by atoms with Crippen LogP contribution in [0.25, 0.3) is 0 Å². The molecule has 1 N–H and O–H groups in total. The fourth-order valence-electron chi connectivity index (χ4n) is 4.07. The summed E-state index contributed by atoms with van der Waals surface area (Å²) in [5, 5.41) is 0. The largest absolute Gasteiger partial charge is 0.489 e. The zero-order chi connectivity index (χ0) is 26.3. The number of carbonyl (C=O) groups excluding carboxylic acids is 1. The number of hydrogen-bond donors (Lipinski definition) is 1. The van der Waals surface area contributed by atoms with E-state index in [9.17, 15) is 26.4 Å². The first-order chi connectivity index (χ1) is 16.0. The highest BCUT2D eigenvalue weighted by Crippen LogP contribution is 2.44. The molecule has 0 saturated carbocycles. The zero-order valence-corrected chi connectivity index (χ0v) is 21.2. The van der Waals surface area contributed by atoms with Crippen LogP contribution in [-0.2, 0) is 27.4 Å². The van der Waals surface area contributed by atoms with Gasteiger partial charge in [0.05, 0.1) is 11.8 Å². The first-order valence-electron chi connectivity index (χ1n) is 10.8. The summed E-state index contributed by atoms with van der Waals surface area (Å²) < 4.78 is 83.1. The Labute approximate surface area is 202 Å². The van der Waals surface area contributed by atoms with Crippen LogP contribution in [0.3, 0.4) is 0 Å². The number of nitrogens with one attached hydrogen (secondary N) is 1. The van der Waals surface area contributed by atoms with Crippen molar-refractivity contribution in [3.8, 4) is 17.2 Å². The second-order valence-corrected chi connectivity index (χ2v) is 10.8. The van der Waals surface area contributed by atoms with Gasteiger partial charge in [0.2, 0.25) is 10.0 Å². The van der Waals surface area contributed by atoms with Gasteiger partial charge in [0.25, 0.3) is 0 Å². The summed E-state index contributed by atoms with van der Waals surface area (Å²) in [5.41, 5.74) is 0.955. The summed E-state index contributed by atoms with van der Waals surface area (Å²) in [7, 11) is -3.75. The van der Waals surface area contributed by atoms with E-state index >= 15 is 0 Å². The van der Waals surface area contributed by atoms with Gasteiger partial charge < -0.3 is 14.2 Å². The van der Waals surface area contributed by atoms with E-state index < -0.39 is 39.1 Å². The molecule has 0 aliphatic carbocycles. The molecule has 0 amide bonds. The molecule has 3 rings (SSSR count). The summed E-state index contributed by atoms with van der Waals surface area (Å²) in [6.07, 6.45) is -2.90. The molecule has 0 aromatic heterocycles. The molecule has 7 nitrogen and oxygen atoms in total. The molecule has 0 radical (unpaired) electrons. The van der Waals surface area contributed by atoms with E-state index in [1.165, 1.54) is 13.0 Å². The van der Waals surface area contributed by atoms with Gasteiger partial charge in [0, 0.05) is 18.2 Å². The van der Waals surface area contributed by atoms with Crippen LogP contribution in [0.5, 0.6) is 17.2 Å². The van der Waals surface area contributed by atoms with E-state index in [1.807, 2.05) is 25.5 Å².